The van der Waals surface area contributed by atoms with Gasteiger partial charge in [-0.05, 0) is 18.2 Å². The summed E-state index contributed by atoms with van der Waals surface area (Å²) >= 11 is 3.29. The zero-order chi connectivity index (χ0) is 10.3. The van der Waals surface area contributed by atoms with Crippen LogP contribution in [0.3, 0.4) is 0 Å². The van der Waals surface area contributed by atoms with Gasteiger partial charge in [-0.1, -0.05) is 21.1 Å². The highest BCUT2D eigenvalue weighted by Crippen LogP contribution is 2.38. The molecule has 2 rings (SSSR count). The predicted octanol–water partition coefficient (Wildman–Crippen LogP) is 2.23. The Morgan fingerprint density at radius 2 is 2.21 bits per heavy atom. The van der Waals surface area contributed by atoms with Crippen molar-refractivity contribution in [2.45, 2.75) is 6.04 Å². The van der Waals surface area contributed by atoms with Crippen molar-refractivity contribution >= 4 is 27.5 Å². The van der Waals surface area contributed by atoms with Crippen LogP contribution in [0.15, 0.2) is 27.8 Å². The number of carbonyl (C=O) groups excluding carboxylic acids is 1. The smallest absolute Gasteiger partial charge is 0.259 e. The van der Waals surface area contributed by atoms with Gasteiger partial charge in [0.2, 0.25) is 0 Å². The minimum absolute atomic E-state index is 0.270. The summed E-state index contributed by atoms with van der Waals surface area (Å²) in [5, 5.41) is 2.84. The van der Waals surface area contributed by atoms with E-state index in [-0.39, 0.29) is 5.91 Å². The second-order valence-electron chi connectivity index (χ2n) is 3.11. The van der Waals surface area contributed by atoms with Gasteiger partial charge in [0, 0.05) is 22.8 Å². The molecule has 1 aliphatic rings. The summed E-state index contributed by atoms with van der Waals surface area (Å²) in [4.78, 5) is 23.5. The molecule has 0 bridgehead atoms. The normalized spacial score (nSPS) is 19.7. The lowest BCUT2D eigenvalue weighted by Crippen LogP contribution is -2.22. The van der Waals surface area contributed by atoms with E-state index >= 15 is 0 Å². The number of hydrogen-bond acceptors (Lipinski definition) is 3. The van der Waals surface area contributed by atoms with E-state index in [0.29, 0.717) is 5.56 Å². The van der Waals surface area contributed by atoms with Crippen molar-refractivity contribution in [3.8, 4) is 0 Å². The molecule has 14 heavy (non-hydrogen) atoms. The standard InChI is InChI=1S/C9H7BrN2O2/c1-12-7-3-2-5(10)4-6(7)8(11-14)9(12)13/h2-4,8H,1H3. The predicted molar refractivity (Wildman–Crippen MR) is 56.1 cm³/mol. The number of anilines is 1. The summed E-state index contributed by atoms with van der Waals surface area (Å²) in [6.07, 6.45) is 0. The Morgan fingerprint density at radius 1 is 1.50 bits per heavy atom. The maximum Gasteiger partial charge on any atom is 0.259 e. The highest BCUT2D eigenvalue weighted by atomic mass is 79.9. The molecule has 1 unspecified atom stereocenters. The molecular weight excluding hydrogens is 248 g/mol. The van der Waals surface area contributed by atoms with Crippen molar-refractivity contribution in [3.05, 3.63) is 33.1 Å². The maximum absolute atomic E-state index is 11.5. The summed E-state index contributed by atoms with van der Waals surface area (Å²) < 4.78 is 0.841. The number of carbonyl (C=O) groups is 1. The van der Waals surface area contributed by atoms with E-state index in [4.69, 9.17) is 0 Å². The van der Waals surface area contributed by atoms with Crippen molar-refractivity contribution in [2.24, 2.45) is 5.18 Å². The molecule has 1 aromatic rings. The molecule has 72 valence electrons. The molecule has 1 aromatic carbocycles. The highest BCUT2D eigenvalue weighted by molar-refractivity contribution is 9.10. The summed E-state index contributed by atoms with van der Waals surface area (Å²) in [5.41, 5.74) is 1.42. The van der Waals surface area contributed by atoms with Gasteiger partial charge in [0.05, 0.1) is 0 Å². The first-order chi connectivity index (χ1) is 6.65. The highest BCUT2D eigenvalue weighted by Gasteiger charge is 2.36. The lowest BCUT2D eigenvalue weighted by molar-refractivity contribution is -0.118. The second kappa shape index (κ2) is 3.16. The third kappa shape index (κ3) is 1.16. The first kappa shape index (κ1) is 9.33. The first-order valence-electron chi connectivity index (χ1n) is 4.04. The van der Waals surface area contributed by atoms with Crippen LogP contribution in [-0.2, 0) is 4.79 Å². The van der Waals surface area contributed by atoms with Gasteiger partial charge in [0.15, 0.2) is 6.04 Å². The number of halogens is 1. The molecule has 1 atom stereocenters. The van der Waals surface area contributed by atoms with Gasteiger partial charge in [0.1, 0.15) is 0 Å². The zero-order valence-corrected chi connectivity index (χ0v) is 8.98. The van der Waals surface area contributed by atoms with Crippen LogP contribution in [0.25, 0.3) is 0 Å². The zero-order valence-electron chi connectivity index (χ0n) is 7.40. The van der Waals surface area contributed by atoms with E-state index in [2.05, 4.69) is 21.1 Å². The van der Waals surface area contributed by atoms with Crippen molar-refractivity contribution in [2.75, 3.05) is 11.9 Å². The van der Waals surface area contributed by atoms with Gasteiger partial charge in [0.25, 0.3) is 5.91 Å². The average Bonchev–Trinajstić information content (AvgIpc) is 2.39. The van der Waals surface area contributed by atoms with Crippen LogP contribution < -0.4 is 4.90 Å². The molecule has 0 fully saturated rings. The van der Waals surface area contributed by atoms with Crippen LogP contribution in [-0.4, -0.2) is 13.0 Å². The van der Waals surface area contributed by atoms with E-state index in [9.17, 15) is 9.70 Å². The molecule has 0 spiro atoms. The summed E-state index contributed by atoms with van der Waals surface area (Å²) in [6, 6.07) is 4.49. The van der Waals surface area contributed by atoms with Crippen molar-refractivity contribution in [1.82, 2.24) is 0 Å². The first-order valence-corrected chi connectivity index (χ1v) is 4.84. The van der Waals surface area contributed by atoms with Crippen LogP contribution in [0.5, 0.6) is 0 Å². The van der Waals surface area contributed by atoms with Crippen molar-refractivity contribution < 1.29 is 4.79 Å². The SMILES string of the molecule is CN1C(=O)C(N=O)c2cc(Br)ccc21. The van der Waals surface area contributed by atoms with Gasteiger partial charge in [-0.2, -0.15) is 0 Å². The van der Waals surface area contributed by atoms with Crippen molar-refractivity contribution in [3.63, 3.8) is 0 Å². The van der Waals surface area contributed by atoms with Crippen LogP contribution in [0.2, 0.25) is 0 Å². The van der Waals surface area contributed by atoms with E-state index in [0.717, 1.165) is 10.2 Å². The summed E-state index contributed by atoms with van der Waals surface area (Å²) in [7, 11) is 1.64. The fourth-order valence-corrected chi connectivity index (χ4v) is 1.97. The average molecular weight is 255 g/mol. The van der Waals surface area contributed by atoms with Crippen LogP contribution in [0.1, 0.15) is 11.6 Å². The molecule has 1 aliphatic heterocycles. The van der Waals surface area contributed by atoms with Crippen LogP contribution >= 0.6 is 15.9 Å². The minimum atomic E-state index is -0.882. The Balaban J connectivity index is 2.61. The van der Waals surface area contributed by atoms with E-state index < -0.39 is 6.04 Å². The third-order valence-corrected chi connectivity index (χ3v) is 2.81. The molecule has 5 heteroatoms. The van der Waals surface area contributed by atoms with Gasteiger partial charge in [-0.15, -0.1) is 4.91 Å². The largest absolute Gasteiger partial charge is 0.313 e. The number of hydrogen-bond donors (Lipinski definition) is 0. The maximum atomic E-state index is 11.5. The molecule has 1 heterocycles. The Kier molecular flexibility index (Phi) is 2.11. The molecular formula is C9H7BrN2O2. The fraction of sp³-hybridized carbons (Fsp3) is 0.222. The number of nitroso groups, excluding NO2 is 1. The van der Waals surface area contributed by atoms with E-state index in [1.165, 1.54) is 4.90 Å². The molecule has 4 nitrogen and oxygen atoms in total. The van der Waals surface area contributed by atoms with Gasteiger partial charge in [-0.3, -0.25) is 4.79 Å². The number of nitrogens with zero attached hydrogens (tertiary/aromatic N) is 2. The topological polar surface area (TPSA) is 49.7 Å². The Hall–Kier alpha value is -1.23. The number of benzene rings is 1. The van der Waals surface area contributed by atoms with Crippen LogP contribution in [0.4, 0.5) is 5.69 Å². The molecule has 0 saturated heterocycles. The monoisotopic (exact) mass is 254 g/mol. The summed E-state index contributed by atoms with van der Waals surface area (Å²) in [6.45, 7) is 0. The molecule has 0 saturated carbocycles. The second-order valence-corrected chi connectivity index (χ2v) is 4.02. The number of rotatable bonds is 1. The molecule has 1 amide bonds. The van der Waals surface area contributed by atoms with Gasteiger partial charge >= 0.3 is 0 Å². The van der Waals surface area contributed by atoms with E-state index in [1.54, 1.807) is 19.2 Å². The lowest BCUT2D eigenvalue weighted by Gasteiger charge is -2.08. The van der Waals surface area contributed by atoms with Crippen LogP contribution in [0, 0.1) is 4.91 Å². The minimum Gasteiger partial charge on any atom is -0.313 e. The quantitative estimate of drug-likeness (QED) is 0.722. The van der Waals surface area contributed by atoms with Gasteiger partial charge < -0.3 is 4.90 Å². The summed E-state index contributed by atoms with van der Waals surface area (Å²) in [5.74, 6) is -0.270. The number of likely N-dealkylation sites (N-methyl/N-ethyl adjacent to an activating group) is 1. The van der Waals surface area contributed by atoms with Gasteiger partial charge in [-0.25, -0.2) is 0 Å². The number of amides is 1. The Morgan fingerprint density at radius 3 is 2.86 bits per heavy atom. The Bertz CT molecular complexity index is 419. The Labute approximate surface area is 89.0 Å². The molecule has 0 N–H and O–H groups in total. The number of fused-ring (bicyclic) bond motifs is 1. The molecule has 0 radical (unpaired) electrons. The van der Waals surface area contributed by atoms with Crippen molar-refractivity contribution in [1.29, 1.82) is 0 Å². The molecule has 0 aliphatic carbocycles. The fourth-order valence-electron chi connectivity index (χ4n) is 1.59. The molecule has 0 aromatic heterocycles. The third-order valence-electron chi connectivity index (χ3n) is 2.32. The van der Waals surface area contributed by atoms with E-state index in [1.807, 2.05) is 6.07 Å². The lowest BCUT2D eigenvalue weighted by atomic mass is 10.1.